The number of allylic oxidation sites excluding steroid dienone is 1. The molecule has 0 spiro atoms. The lowest BCUT2D eigenvalue weighted by Crippen LogP contribution is -2.41. The molecule has 0 amide bonds. The smallest absolute Gasteiger partial charge is 0.0747 e. The molecule has 0 saturated heterocycles. The molecule has 3 aromatic carbocycles. The minimum atomic E-state index is -1.84. The normalized spacial score (nSPS) is 16.8. The zero-order valence-corrected chi connectivity index (χ0v) is 24.1. The molecule has 1 unspecified atom stereocenters. The second-order valence-electron chi connectivity index (χ2n) is 11.2. The molecule has 3 heteroatoms. The summed E-state index contributed by atoms with van der Waals surface area (Å²) in [5, 5.41) is 2.73. The lowest BCUT2D eigenvalue weighted by atomic mass is 9.96. The van der Waals surface area contributed by atoms with Crippen LogP contribution in [0.2, 0.25) is 13.1 Å². The molecule has 0 saturated carbocycles. The van der Waals surface area contributed by atoms with Crippen molar-refractivity contribution in [2.45, 2.75) is 44.9 Å². The number of aryl methyl sites for hydroxylation is 2. The van der Waals surface area contributed by atoms with Crippen LogP contribution in [0.1, 0.15) is 48.6 Å². The molecule has 7 rings (SSSR count). The van der Waals surface area contributed by atoms with Crippen LogP contribution in [0, 0.1) is 13.8 Å². The van der Waals surface area contributed by atoms with Crippen molar-refractivity contribution in [3.63, 3.8) is 0 Å². The van der Waals surface area contributed by atoms with E-state index >= 15 is 0 Å². The molecule has 0 bridgehead atoms. The highest BCUT2D eigenvalue weighted by Crippen LogP contribution is 2.59. The predicted molar refractivity (Wildman–Crippen MR) is 162 cm³/mol. The minimum Gasteiger partial charge on any atom is -0.145 e. The molecule has 0 aliphatic heterocycles. The Balaban J connectivity index is 1.39. The summed E-state index contributed by atoms with van der Waals surface area (Å²) < 4.78 is 0. The summed E-state index contributed by atoms with van der Waals surface area (Å²) in [5.41, 5.74) is 11.3. The molecule has 2 heterocycles. The highest BCUT2D eigenvalue weighted by molar-refractivity contribution is 7.16. The van der Waals surface area contributed by atoms with Gasteiger partial charge in [-0.15, -0.1) is 22.7 Å². The molecule has 0 fully saturated rings. The van der Waals surface area contributed by atoms with Crippen molar-refractivity contribution in [1.29, 1.82) is 0 Å². The van der Waals surface area contributed by atoms with Gasteiger partial charge in [-0.05, 0) is 83.1 Å². The van der Waals surface area contributed by atoms with Crippen molar-refractivity contribution in [3.05, 3.63) is 109 Å². The van der Waals surface area contributed by atoms with Gasteiger partial charge in [-0.3, -0.25) is 0 Å². The van der Waals surface area contributed by atoms with Crippen molar-refractivity contribution in [1.82, 2.24) is 0 Å². The number of hydrogen-bond donors (Lipinski definition) is 0. The molecule has 0 radical (unpaired) electrons. The van der Waals surface area contributed by atoms with Crippen LogP contribution in [0.5, 0.6) is 0 Å². The summed E-state index contributed by atoms with van der Waals surface area (Å²) in [6.07, 6.45) is 2.52. The van der Waals surface area contributed by atoms with Crippen LogP contribution in [0.15, 0.2) is 78.4 Å². The van der Waals surface area contributed by atoms with Crippen LogP contribution in [0.4, 0.5) is 0 Å². The lowest BCUT2D eigenvalue weighted by Gasteiger charge is -2.37. The standard InChI is InChI=1S/C33H30S2Si/c1-19-15-27-25(14-13-23-11-12-24(18-26(23)27)22-9-7-6-8-10-22)32(19)36(4,5)33-30-28(16-20(2)34-30)29-17-21(3)35-31(29)33/h6-18,32-33H,1-5H3. The first kappa shape index (κ1) is 22.5. The van der Waals surface area contributed by atoms with E-state index in [1.54, 1.807) is 20.9 Å². The first-order valence-corrected chi connectivity index (χ1v) is 17.6. The first-order valence-electron chi connectivity index (χ1n) is 12.8. The van der Waals surface area contributed by atoms with Gasteiger partial charge in [-0.25, -0.2) is 0 Å². The predicted octanol–water partition coefficient (Wildman–Crippen LogP) is 10.3. The van der Waals surface area contributed by atoms with E-state index in [1.807, 2.05) is 22.7 Å². The minimum absolute atomic E-state index is 0.533. The summed E-state index contributed by atoms with van der Waals surface area (Å²) in [7, 11) is -1.84. The Bertz CT molecular complexity index is 1650. The van der Waals surface area contributed by atoms with E-state index in [-0.39, 0.29) is 0 Å². The summed E-state index contributed by atoms with van der Waals surface area (Å²) in [6, 6.07) is 27.5. The Morgan fingerprint density at radius 1 is 0.667 bits per heavy atom. The molecule has 1 atom stereocenters. The second kappa shape index (κ2) is 7.89. The van der Waals surface area contributed by atoms with Crippen LogP contribution >= 0.6 is 22.7 Å². The van der Waals surface area contributed by atoms with E-state index in [2.05, 4.69) is 113 Å². The number of benzene rings is 3. The zero-order chi connectivity index (χ0) is 24.8. The topological polar surface area (TPSA) is 0 Å². The lowest BCUT2D eigenvalue weighted by molar-refractivity contribution is 1.01. The van der Waals surface area contributed by atoms with Gasteiger partial charge >= 0.3 is 0 Å². The van der Waals surface area contributed by atoms with E-state index < -0.39 is 8.07 Å². The van der Waals surface area contributed by atoms with E-state index in [0.717, 1.165) is 0 Å². The Kier molecular flexibility index (Phi) is 4.92. The molecule has 2 aromatic heterocycles. The van der Waals surface area contributed by atoms with Gasteiger partial charge in [-0.1, -0.05) is 79.3 Å². The Labute approximate surface area is 223 Å². The maximum absolute atomic E-state index is 2.66. The molecule has 36 heavy (non-hydrogen) atoms. The SMILES string of the molecule is CC1=Cc2c(ccc3ccc(-c4ccccc4)cc23)C1[Si](C)(C)C1c2sc(C)cc2-c2cc(C)sc21. The number of hydrogen-bond acceptors (Lipinski definition) is 2. The van der Waals surface area contributed by atoms with E-state index in [4.69, 9.17) is 0 Å². The molecular formula is C33H30S2Si. The van der Waals surface area contributed by atoms with Gasteiger partial charge in [0.25, 0.3) is 0 Å². The van der Waals surface area contributed by atoms with Gasteiger partial charge < -0.3 is 0 Å². The molecule has 5 aromatic rings. The quantitative estimate of drug-likeness (QED) is 0.208. The monoisotopic (exact) mass is 518 g/mol. The molecular weight excluding hydrogens is 489 g/mol. The van der Waals surface area contributed by atoms with Gasteiger partial charge in [0.2, 0.25) is 0 Å². The maximum atomic E-state index is 2.66. The largest absolute Gasteiger partial charge is 0.145 e. The number of thiophene rings is 2. The Morgan fingerprint density at radius 2 is 1.31 bits per heavy atom. The van der Waals surface area contributed by atoms with Crippen molar-refractivity contribution in [2.75, 3.05) is 0 Å². The van der Waals surface area contributed by atoms with Crippen molar-refractivity contribution in [2.24, 2.45) is 0 Å². The third-order valence-corrected chi connectivity index (χ3v) is 15.4. The molecule has 0 N–H and O–H groups in total. The van der Waals surface area contributed by atoms with E-state index in [0.29, 0.717) is 11.1 Å². The van der Waals surface area contributed by atoms with Gasteiger partial charge in [0.15, 0.2) is 0 Å². The van der Waals surface area contributed by atoms with Crippen molar-refractivity contribution in [3.8, 4) is 22.3 Å². The summed E-state index contributed by atoms with van der Waals surface area (Å²) in [4.78, 5) is 6.17. The summed E-state index contributed by atoms with van der Waals surface area (Å²) >= 11 is 4.09. The van der Waals surface area contributed by atoms with Gasteiger partial charge in [0.05, 0.1) is 8.07 Å². The fourth-order valence-corrected chi connectivity index (χ4v) is 15.6. The molecule has 2 aliphatic rings. The first-order chi connectivity index (χ1) is 17.3. The number of fused-ring (bicyclic) bond motifs is 6. The maximum Gasteiger partial charge on any atom is 0.0747 e. The third-order valence-electron chi connectivity index (χ3n) is 8.41. The zero-order valence-electron chi connectivity index (χ0n) is 21.5. The van der Waals surface area contributed by atoms with Crippen molar-refractivity contribution >= 4 is 47.6 Å². The average Bonchev–Trinajstić information content (AvgIpc) is 3.57. The van der Waals surface area contributed by atoms with Crippen LogP contribution in [0.25, 0.3) is 39.1 Å². The average molecular weight is 519 g/mol. The van der Waals surface area contributed by atoms with Crippen LogP contribution < -0.4 is 0 Å². The van der Waals surface area contributed by atoms with Crippen LogP contribution in [0.3, 0.4) is 0 Å². The Hall–Kier alpha value is -2.72. The highest BCUT2D eigenvalue weighted by Gasteiger charge is 2.50. The molecule has 0 nitrogen and oxygen atoms in total. The second-order valence-corrected chi connectivity index (χ2v) is 18.6. The van der Waals surface area contributed by atoms with Crippen LogP contribution in [-0.4, -0.2) is 8.07 Å². The molecule has 2 aliphatic carbocycles. The fourth-order valence-electron chi connectivity index (χ4n) is 7.00. The number of rotatable bonds is 3. The van der Waals surface area contributed by atoms with E-state index in [1.165, 1.54) is 48.3 Å². The summed E-state index contributed by atoms with van der Waals surface area (Å²) in [6.45, 7) is 12.3. The Morgan fingerprint density at radius 3 is 1.97 bits per heavy atom. The highest BCUT2D eigenvalue weighted by atomic mass is 32.1. The van der Waals surface area contributed by atoms with E-state index in [9.17, 15) is 0 Å². The third kappa shape index (κ3) is 3.16. The molecule has 178 valence electrons. The van der Waals surface area contributed by atoms with Crippen LogP contribution in [-0.2, 0) is 0 Å². The van der Waals surface area contributed by atoms with Gasteiger partial charge in [0.1, 0.15) is 0 Å². The van der Waals surface area contributed by atoms with Crippen molar-refractivity contribution < 1.29 is 0 Å². The van der Waals surface area contributed by atoms with Gasteiger partial charge in [-0.2, -0.15) is 0 Å². The fraction of sp³-hybridized carbons (Fsp3) is 0.212. The summed E-state index contributed by atoms with van der Waals surface area (Å²) in [5.74, 6) is 0. The van der Waals surface area contributed by atoms with Gasteiger partial charge in [0, 0.05) is 30.6 Å².